The maximum Gasteiger partial charge on any atom is 0.229 e. The topological polar surface area (TPSA) is 54.0 Å². The second kappa shape index (κ2) is 10.6. The maximum absolute atomic E-state index is 13.3. The number of carbonyl (C=O) groups excluding carboxylic acids is 1. The predicted octanol–water partition coefficient (Wildman–Crippen LogP) is 3.87. The molecule has 6 heteroatoms. The van der Waals surface area contributed by atoms with Crippen LogP contribution in [0.4, 0.5) is 0 Å². The predicted molar refractivity (Wildman–Crippen MR) is 131 cm³/mol. The van der Waals surface area contributed by atoms with Crippen molar-refractivity contribution in [3.8, 4) is 11.5 Å². The molecule has 2 aliphatic heterocycles. The summed E-state index contributed by atoms with van der Waals surface area (Å²) >= 11 is 0. The van der Waals surface area contributed by atoms with Gasteiger partial charge in [-0.05, 0) is 87.8 Å². The normalized spacial score (nSPS) is 19.1. The van der Waals surface area contributed by atoms with Gasteiger partial charge in [-0.25, -0.2) is 0 Å². The molecule has 1 amide bonds. The Bertz CT molecular complexity index is 905. The molecule has 1 spiro atoms. The Kier molecular flexibility index (Phi) is 7.56. The fourth-order valence-corrected chi connectivity index (χ4v) is 5.29. The average Bonchev–Trinajstić information content (AvgIpc) is 3.16. The van der Waals surface area contributed by atoms with E-state index in [4.69, 9.17) is 9.47 Å². The van der Waals surface area contributed by atoms with Crippen molar-refractivity contribution in [1.82, 2.24) is 15.1 Å². The Hall–Kier alpha value is -2.57. The summed E-state index contributed by atoms with van der Waals surface area (Å²) in [6.45, 7) is 4.60. The summed E-state index contributed by atoms with van der Waals surface area (Å²) in [5, 5.41) is 3.45. The van der Waals surface area contributed by atoms with Gasteiger partial charge in [0.1, 0.15) is 11.5 Å². The van der Waals surface area contributed by atoms with E-state index in [1.165, 1.54) is 5.56 Å². The van der Waals surface area contributed by atoms with Crippen molar-refractivity contribution in [2.45, 2.75) is 38.3 Å². The lowest BCUT2D eigenvalue weighted by molar-refractivity contribution is -0.138. The fourth-order valence-electron chi connectivity index (χ4n) is 5.29. The van der Waals surface area contributed by atoms with Crippen molar-refractivity contribution in [2.24, 2.45) is 5.41 Å². The highest BCUT2D eigenvalue weighted by molar-refractivity contribution is 5.85. The van der Waals surface area contributed by atoms with Crippen LogP contribution in [0.1, 0.15) is 42.9 Å². The van der Waals surface area contributed by atoms with Gasteiger partial charge in [0.2, 0.25) is 5.91 Å². The fraction of sp³-hybridized carbons (Fsp3) is 0.519. The van der Waals surface area contributed by atoms with Crippen molar-refractivity contribution >= 4 is 5.91 Å². The van der Waals surface area contributed by atoms with Crippen LogP contribution in [0, 0.1) is 5.41 Å². The van der Waals surface area contributed by atoms with E-state index < -0.39 is 0 Å². The van der Waals surface area contributed by atoms with Gasteiger partial charge in [-0.1, -0.05) is 24.3 Å². The van der Waals surface area contributed by atoms with Gasteiger partial charge in [-0.3, -0.25) is 4.79 Å². The van der Waals surface area contributed by atoms with Gasteiger partial charge in [-0.15, -0.1) is 0 Å². The number of carbonyl (C=O) groups is 1. The number of benzene rings is 2. The molecule has 33 heavy (non-hydrogen) atoms. The number of hydrogen-bond acceptors (Lipinski definition) is 5. The first-order chi connectivity index (χ1) is 16.1. The lowest BCUT2D eigenvalue weighted by atomic mass is 9.77. The summed E-state index contributed by atoms with van der Waals surface area (Å²) in [5.41, 5.74) is 2.30. The third-order valence-corrected chi connectivity index (χ3v) is 7.55. The molecule has 2 aliphatic rings. The van der Waals surface area contributed by atoms with E-state index in [1.54, 1.807) is 14.2 Å². The van der Waals surface area contributed by atoms with Crippen LogP contribution in [0.2, 0.25) is 0 Å². The summed E-state index contributed by atoms with van der Waals surface area (Å²) in [5.74, 6) is 2.09. The van der Waals surface area contributed by atoms with Crippen LogP contribution >= 0.6 is 0 Å². The van der Waals surface area contributed by atoms with Gasteiger partial charge >= 0.3 is 0 Å². The highest BCUT2D eigenvalue weighted by Crippen LogP contribution is 2.42. The molecule has 0 aliphatic carbocycles. The zero-order chi connectivity index (χ0) is 23.3. The Morgan fingerprint density at radius 3 is 2.06 bits per heavy atom. The molecule has 178 valence electrons. The maximum atomic E-state index is 13.3. The number of nitrogens with one attached hydrogen (secondary N) is 1. The monoisotopic (exact) mass is 451 g/mol. The molecule has 1 atom stereocenters. The van der Waals surface area contributed by atoms with Gasteiger partial charge < -0.3 is 24.6 Å². The van der Waals surface area contributed by atoms with E-state index in [2.05, 4.69) is 39.4 Å². The number of likely N-dealkylation sites (tertiary alicyclic amines) is 2. The lowest BCUT2D eigenvalue weighted by Crippen LogP contribution is -2.45. The molecule has 0 saturated carbocycles. The lowest BCUT2D eigenvalue weighted by Gasteiger charge is -2.38. The first kappa shape index (κ1) is 23.6. The van der Waals surface area contributed by atoms with Crippen LogP contribution < -0.4 is 14.8 Å². The number of rotatable bonds is 9. The molecule has 2 aromatic carbocycles. The summed E-state index contributed by atoms with van der Waals surface area (Å²) in [6, 6.07) is 16.7. The highest BCUT2D eigenvalue weighted by atomic mass is 16.5. The third-order valence-electron chi connectivity index (χ3n) is 7.55. The largest absolute Gasteiger partial charge is 0.497 e. The Morgan fingerprint density at radius 1 is 0.909 bits per heavy atom. The smallest absolute Gasteiger partial charge is 0.229 e. The third kappa shape index (κ3) is 5.33. The first-order valence-electron chi connectivity index (χ1n) is 12.0. The van der Waals surface area contributed by atoms with Crippen molar-refractivity contribution in [2.75, 3.05) is 47.4 Å². The van der Waals surface area contributed by atoms with Gasteiger partial charge in [0.15, 0.2) is 0 Å². The molecular weight excluding hydrogens is 414 g/mol. The van der Waals surface area contributed by atoms with Crippen LogP contribution in [0.3, 0.4) is 0 Å². The Labute approximate surface area is 197 Å². The van der Waals surface area contributed by atoms with Crippen LogP contribution in [-0.4, -0.2) is 63.2 Å². The molecule has 0 bridgehead atoms. The minimum atomic E-state index is -0.151. The molecule has 2 aromatic rings. The second-order valence-electron chi connectivity index (χ2n) is 9.35. The van der Waals surface area contributed by atoms with Crippen molar-refractivity contribution in [1.29, 1.82) is 0 Å². The molecule has 1 unspecified atom stereocenters. The number of ether oxygens (including phenoxy) is 2. The van der Waals surface area contributed by atoms with Crippen LogP contribution in [-0.2, 0) is 11.3 Å². The van der Waals surface area contributed by atoms with Gasteiger partial charge in [0, 0.05) is 19.1 Å². The first-order valence-corrected chi connectivity index (χ1v) is 12.0. The van der Waals surface area contributed by atoms with Gasteiger partial charge in [-0.2, -0.15) is 0 Å². The SMILES string of the molecule is CNC(CCN1CCC2(CC1)CCN(Cc1ccc(OC)cc1)C2=O)c1ccc(OC)cc1. The van der Waals surface area contributed by atoms with Crippen LogP contribution in [0.25, 0.3) is 0 Å². The van der Waals surface area contributed by atoms with E-state index in [0.717, 1.165) is 68.9 Å². The molecule has 2 heterocycles. The standard InChI is InChI=1S/C27H37N3O3/c1-28-25(22-6-10-24(33-3)11-7-22)12-16-29-17-13-27(14-18-29)15-19-30(26(27)31)20-21-4-8-23(32-2)9-5-21/h4-11,25,28H,12-20H2,1-3H3. The molecule has 2 saturated heterocycles. The van der Waals surface area contributed by atoms with Gasteiger partial charge in [0.05, 0.1) is 19.6 Å². The summed E-state index contributed by atoms with van der Waals surface area (Å²) in [7, 11) is 5.39. The van der Waals surface area contributed by atoms with E-state index in [9.17, 15) is 4.79 Å². The van der Waals surface area contributed by atoms with Crippen molar-refractivity contribution < 1.29 is 14.3 Å². The molecule has 6 nitrogen and oxygen atoms in total. The summed E-state index contributed by atoms with van der Waals surface area (Å²) in [6.07, 6.45) is 3.98. The number of nitrogens with zero attached hydrogens (tertiary/aromatic N) is 2. The van der Waals surface area contributed by atoms with Crippen molar-refractivity contribution in [3.05, 3.63) is 59.7 Å². The van der Waals surface area contributed by atoms with E-state index in [-0.39, 0.29) is 5.41 Å². The number of methoxy groups -OCH3 is 2. The van der Waals surface area contributed by atoms with E-state index in [1.807, 2.05) is 31.3 Å². The Morgan fingerprint density at radius 2 is 1.48 bits per heavy atom. The quantitative estimate of drug-likeness (QED) is 0.627. The summed E-state index contributed by atoms with van der Waals surface area (Å²) < 4.78 is 10.5. The number of hydrogen-bond donors (Lipinski definition) is 1. The molecular formula is C27H37N3O3. The van der Waals surface area contributed by atoms with Crippen LogP contribution in [0.5, 0.6) is 11.5 Å². The van der Waals surface area contributed by atoms with Gasteiger partial charge in [0.25, 0.3) is 0 Å². The van der Waals surface area contributed by atoms with E-state index in [0.29, 0.717) is 18.5 Å². The minimum Gasteiger partial charge on any atom is -0.497 e. The van der Waals surface area contributed by atoms with Crippen LogP contribution in [0.15, 0.2) is 48.5 Å². The molecule has 2 fully saturated rings. The molecule has 0 aromatic heterocycles. The highest BCUT2D eigenvalue weighted by Gasteiger charge is 2.47. The molecule has 4 rings (SSSR count). The zero-order valence-electron chi connectivity index (χ0n) is 20.2. The number of piperidine rings is 1. The van der Waals surface area contributed by atoms with E-state index >= 15 is 0 Å². The average molecular weight is 452 g/mol. The zero-order valence-corrected chi connectivity index (χ0v) is 20.2. The Balaban J connectivity index is 1.27. The molecule has 0 radical (unpaired) electrons. The minimum absolute atomic E-state index is 0.151. The second-order valence-corrected chi connectivity index (χ2v) is 9.35. The number of amides is 1. The summed E-state index contributed by atoms with van der Waals surface area (Å²) in [4.78, 5) is 17.9. The van der Waals surface area contributed by atoms with Crippen molar-refractivity contribution in [3.63, 3.8) is 0 Å². The molecule has 1 N–H and O–H groups in total.